The number of para-hydroxylation sites is 1. The Morgan fingerprint density at radius 1 is 1.18 bits per heavy atom. The molecule has 0 unspecified atom stereocenters. The van der Waals surface area contributed by atoms with Gasteiger partial charge in [-0.1, -0.05) is 18.2 Å². The van der Waals surface area contributed by atoms with E-state index in [9.17, 15) is 9.59 Å². The number of carbonyl (C=O) groups is 1. The van der Waals surface area contributed by atoms with Crippen molar-refractivity contribution in [2.75, 3.05) is 5.32 Å². The van der Waals surface area contributed by atoms with Crippen LogP contribution in [0.2, 0.25) is 0 Å². The van der Waals surface area contributed by atoms with Crippen LogP contribution in [0.5, 0.6) is 0 Å². The highest BCUT2D eigenvalue weighted by molar-refractivity contribution is 7.15. The van der Waals surface area contributed by atoms with E-state index in [1.54, 1.807) is 6.20 Å². The van der Waals surface area contributed by atoms with Gasteiger partial charge in [0.15, 0.2) is 5.13 Å². The van der Waals surface area contributed by atoms with Gasteiger partial charge in [-0.05, 0) is 25.1 Å². The first-order valence-electron chi connectivity index (χ1n) is 6.65. The van der Waals surface area contributed by atoms with Crippen molar-refractivity contribution in [1.82, 2.24) is 9.55 Å². The van der Waals surface area contributed by atoms with Crippen LogP contribution in [-0.4, -0.2) is 15.5 Å². The molecule has 0 atom stereocenters. The van der Waals surface area contributed by atoms with Gasteiger partial charge < -0.3 is 0 Å². The van der Waals surface area contributed by atoms with Gasteiger partial charge in [0, 0.05) is 29.0 Å². The fraction of sp³-hybridized carbons (Fsp3) is 0.0625. The fourth-order valence-electron chi connectivity index (χ4n) is 1.99. The molecule has 0 fully saturated rings. The van der Waals surface area contributed by atoms with E-state index >= 15 is 0 Å². The maximum absolute atomic E-state index is 12.3. The summed E-state index contributed by atoms with van der Waals surface area (Å²) in [6.07, 6.45) is 3.23. The zero-order valence-corrected chi connectivity index (χ0v) is 12.6. The number of aryl methyl sites for hydroxylation is 1. The lowest BCUT2D eigenvalue weighted by atomic mass is 10.2. The van der Waals surface area contributed by atoms with Crippen molar-refractivity contribution < 1.29 is 4.79 Å². The monoisotopic (exact) mass is 311 g/mol. The van der Waals surface area contributed by atoms with Crippen molar-refractivity contribution in [2.45, 2.75) is 6.92 Å². The lowest BCUT2D eigenvalue weighted by Gasteiger charge is -2.07. The molecule has 0 aliphatic heterocycles. The number of anilines is 1. The molecule has 0 spiro atoms. The van der Waals surface area contributed by atoms with E-state index in [2.05, 4.69) is 10.3 Å². The molecule has 110 valence electrons. The Hall–Kier alpha value is -2.73. The quantitative estimate of drug-likeness (QED) is 0.809. The molecular formula is C16H13N3O2S. The first-order chi connectivity index (χ1) is 10.6. The van der Waals surface area contributed by atoms with Gasteiger partial charge in [0.2, 0.25) is 0 Å². The Labute approximate surface area is 130 Å². The molecule has 0 radical (unpaired) electrons. The third-order valence-electron chi connectivity index (χ3n) is 3.05. The maximum atomic E-state index is 12.3. The molecule has 1 amide bonds. The van der Waals surface area contributed by atoms with Crippen LogP contribution in [0.25, 0.3) is 5.69 Å². The number of rotatable bonds is 3. The predicted molar refractivity (Wildman–Crippen MR) is 86.8 cm³/mol. The van der Waals surface area contributed by atoms with Gasteiger partial charge in [-0.15, -0.1) is 11.3 Å². The van der Waals surface area contributed by atoms with Crippen LogP contribution in [0.1, 0.15) is 15.2 Å². The second-order valence-corrected chi connectivity index (χ2v) is 5.93. The smallest absolute Gasteiger partial charge is 0.258 e. The lowest BCUT2D eigenvalue weighted by molar-refractivity contribution is 0.102. The number of carbonyl (C=O) groups excluding carboxylic acids is 1. The summed E-state index contributed by atoms with van der Waals surface area (Å²) < 4.78 is 1.45. The summed E-state index contributed by atoms with van der Waals surface area (Å²) in [4.78, 5) is 29.4. The molecule has 1 aromatic carbocycles. The SMILES string of the molecule is Cc1cnc(NC(=O)c2ccc(=O)n(-c3ccccc3)c2)s1. The Balaban J connectivity index is 1.92. The highest BCUT2D eigenvalue weighted by Crippen LogP contribution is 2.17. The van der Waals surface area contributed by atoms with Gasteiger partial charge in [-0.25, -0.2) is 4.98 Å². The van der Waals surface area contributed by atoms with Crippen LogP contribution in [0, 0.1) is 6.92 Å². The van der Waals surface area contributed by atoms with E-state index in [1.165, 1.54) is 34.2 Å². The van der Waals surface area contributed by atoms with Crippen molar-refractivity contribution in [3.8, 4) is 5.69 Å². The zero-order valence-electron chi connectivity index (χ0n) is 11.8. The second kappa shape index (κ2) is 5.95. The first kappa shape index (κ1) is 14.2. The molecule has 3 rings (SSSR count). The number of thiazole rings is 1. The van der Waals surface area contributed by atoms with Crippen molar-refractivity contribution >= 4 is 22.4 Å². The number of pyridine rings is 1. The van der Waals surface area contributed by atoms with E-state index in [4.69, 9.17) is 0 Å². The normalized spacial score (nSPS) is 10.4. The van der Waals surface area contributed by atoms with Crippen molar-refractivity contribution in [2.24, 2.45) is 0 Å². The number of nitrogens with zero attached hydrogens (tertiary/aromatic N) is 2. The fourth-order valence-corrected chi connectivity index (χ4v) is 2.65. The summed E-state index contributed by atoms with van der Waals surface area (Å²) in [6, 6.07) is 12.1. The molecule has 6 heteroatoms. The number of hydrogen-bond donors (Lipinski definition) is 1. The number of nitrogens with one attached hydrogen (secondary N) is 1. The second-order valence-electron chi connectivity index (χ2n) is 4.69. The van der Waals surface area contributed by atoms with E-state index in [1.807, 2.05) is 37.3 Å². The zero-order chi connectivity index (χ0) is 15.5. The van der Waals surface area contributed by atoms with Gasteiger partial charge in [-0.3, -0.25) is 19.5 Å². The van der Waals surface area contributed by atoms with Gasteiger partial charge in [0.1, 0.15) is 0 Å². The number of hydrogen-bond acceptors (Lipinski definition) is 4. The summed E-state index contributed by atoms with van der Waals surface area (Å²) in [5, 5.41) is 3.27. The van der Waals surface area contributed by atoms with Gasteiger partial charge in [-0.2, -0.15) is 0 Å². The highest BCUT2D eigenvalue weighted by atomic mass is 32.1. The maximum Gasteiger partial charge on any atom is 0.258 e. The molecule has 0 saturated heterocycles. The van der Waals surface area contributed by atoms with E-state index in [-0.39, 0.29) is 11.5 Å². The van der Waals surface area contributed by atoms with Crippen LogP contribution >= 0.6 is 11.3 Å². The molecule has 22 heavy (non-hydrogen) atoms. The van der Waals surface area contributed by atoms with Crippen molar-refractivity contribution in [3.05, 3.63) is 75.7 Å². The summed E-state index contributed by atoms with van der Waals surface area (Å²) >= 11 is 1.40. The Kier molecular flexibility index (Phi) is 3.84. The molecule has 2 heterocycles. The third-order valence-corrected chi connectivity index (χ3v) is 3.88. The molecule has 3 aromatic rings. The van der Waals surface area contributed by atoms with Crippen LogP contribution in [0.4, 0.5) is 5.13 Å². The van der Waals surface area contributed by atoms with E-state index in [0.717, 1.165) is 4.88 Å². The molecule has 0 saturated carbocycles. The van der Waals surface area contributed by atoms with Gasteiger partial charge in [0.25, 0.3) is 11.5 Å². The standard InChI is InChI=1S/C16H13N3O2S/c1-11-9-17-16(22-11)18-15(21)12-7-8-14(20)19(10-12)13-5-3-2-4-6-13/h2-10H,1H3,(H,17,18,21). The average molecular weight is 311 g/mol. The summed E-state index contributed by atoms with van der Waals surface area (Å²) in [5.41, 5.74) is 0.927. The largest absolute Gasteiger partial charge is 0.298 e. The summed E-state index contributed by atoms with van der Waals surface area (Å²) in [7, 11) is 0. The lowest BCUT2D eigenvalue weighted by Crippen LogP contribution is -2.20. The predicted octanol–water partition coefficient (Wildman–Crippen LogP) is 2.85. The Morgan fingerprint density at radius 2 is 1.95 bits per heavy atom. The number of benzene rings is 1. The first-order valence-corrected chi connectivity index (χ1v) is 7.47. The third kappa shape index (κ3) is 2.96. The minimum absolute atomic E-state index is 0.187. The minimum atomic E-state index is -0.293. The number of aromatic nitrogens is 2. The van der Waals surface area contributed by atoms with E-state index in [0.29, 0.717) is 16.4 Å². The van der Waals surface area contributed by atoms with Crippen molar-refractivity contribution in [3.63, 3.8) is 0 Å². The average Bonchev–Trinajstić information content (AvgIpc) is 2.93. The summed E-state index contributed by atoms with van der Waals surface area (Å²) in [5.74, 6) is -0.293. The molecule has 0 bridgehead atoms. The van der Waals surface area contributed by atoms with E-state index < -0.39 is 0 Å². The number of amides is 1. The van der Waals surface area contributed by atoms with Crippen molar-refractivity contribution in [1.29, 1.82) is 0 Å². The van der Waals surface area contributed by atoms with Crippen LogP contribution in [0.15, 0.2) is 59.7 Å². The molecule has 1 N–H and O–H groups in total. The molecule has 0 aliphatic rings. The highest BCUT2D eigenvalue weighted by Gasteiger charge is 2.10. The van der Waals surface area contributed by atoms with Crippen LogP contribution in [-0.2, 0) is 0 Å². The van der Waals surface area contributed by atoms with Crippen LogP contribution in [0.3, 0.4) is 0 Å². The minimum Gasteiger partial charge on any atom is -0.298 e. The molecule has 2 aromatic heterocycles. The Bertz CT molecular complexity index is 868. The van der Waals surface area contributed by atoms with Gasteiger partial charge >= 0.3 is 0 Å². The molecule has 5 nitrogen and oxygen atoms in total. The van der Waals surface area contributed by atoms with Crippen LogP contribution < -0.4 is 10.9 Å². The van der Waals surface area contributed by atoms with Gasteiger partial charge in [0.05, 0.1) is 5.56 Å². The summed E-state index contributed by atoms with van der Waals surface area (Å²) in [6.45, 7) is 1.92. The molecule has 0 aliphatic carbocycles. The topological polar surface area (TPSA) is 64.0 Å². The molecular weight excluding hydrogens is 298 g/mol. The Morgan fingerprint density at radius 3 is 2.64 bits per heavy atom.